The van der Waals surface area contributed by atoms with E-state index in [1.165, 1.54) is 12.1 Å². The Labute approximate surface area is 114 Å². The highest BCUT2D eigenvalue weighted by Crippen LogP contribution is 2.26. The minimum absolute atomic E-state index is 0.0983. The van der Waals surface area contributed by atoms with Gasteiger partial charge in [-0.25, -0.2) is 0 Å². The molecule has 98 valence electrons. The van der Waals surface area contributed by atoms with Crippen molar-refractivity contribution in [3.8, 4) is 0 Å². The molecule has 0 aliphatic rings. The maximum atomic E-state index is 12.1. The van der Waals surface area contributed by atoms with Gasteiger partial charge in [-0.1, -0.05) is 13.8 Å². The van der Waals surface area contributed by atoms with E-state index >= 15 is 0 Å². The number of benzene rings is 1. The number of nitro benzene ring substituents is 1. The van der Waals surface area contributed by atoms with E-state index in [0.29, 0.717) is 22.5 Å². The molecule has 5 nitrogen and oxygen atoms in total. The fourth-order valence-electron chi connectivity index (χ4n) is 1.64. The predicted octanol–water partition coefficient (Wildman–Crippen LogP) is 3.09. The molecule has 0 unspecified atom stereocenters. The van der Waals surface area contributed by atoms with Crippen LogP contribution in [0.3, 0.4) is 0 Å². The maximum absolute atomic E-state index is 12.1. The standard InChI is InChI=1S/C12H15BrN2O3/c1-8(2)7-14(3)12(16)9-4-5-10(13)11(6-9)15(17)18/h4-6,8H,7H2,1-3H3. The summed E-state index contributed by atoms with van der Waals surface area (Å²) in [6.45, 7) is 4.63. The van der Waals surface area contributed by atoms with Gasteiger partial charge in [-0.05, 0) is 34.0 Å². The number of nitrogens with zero attached hydrogens (tertiary/aromatic N) is 2. The van der Waals surface area contributed by atoms with Crippen molar-refractivity contribution in [2.75, 3.05) is 13.6 Å². The van der Waals surface area contributed by atoms with Crippen LogP contribution in [0.25, 0.3) is 0 Å². The van der Waals surface area contributed by atoms with Crippen LogP contribution in [0, 0.1) is 16.0 Å². The zero-order chi connectivity index (χ0) is 13.9. The van der Waals surface area contributed by atoms with Crippen LogP contribution in [-0.4, -0.2) is 29.3 Å². The van der Waals surface area contributed by atoms with E-state index < -0.39 is 4.92 Å². The van der Waals surface area contributed by atoms with Crippen LogP contribution in [0.1, 0.15) is 24.2 Å². The first-order valence-corrected chi connectivity index (χ1v) is 6.31. The SMILES string of the molecule is CC(C)CN(C)C(=O)c1ccc(Br)c([N+](=O)[O-])c1. The Morgan fingerprint density at radius 1 is 1.50 bits per heavy atom. The van der Waals surface area contributed by atoms with E-state index in [-0.39, 0.29) is 11.6 Å². The van der Waals surface area contributed by atoms with E-state index in [2.05, 4.69) is 15.9 Å². The first-order valence-electron chi connectivity index (χ1n) is 5.52. The van der Waals surface area contributed by atoms with Gasteiger partial charge in [-0.3, -0.25) is 14.9 Å². The monoisotopic (exact) mass is 314 g/mol. The van der Waals surface area contributed by atoms with Crippen molar-refractivity contribution in [3.63, 3.8) is 0 Å². The lowest BCUT2D eigenvalue weighted by atomic mass is 10.1. The molecule has 0 atom stereocenters. The van der Waals surface area contributed by atoms with Crippen LogP contribution in [0.2, 0.25) is 0 Å². The van der Waals surface area contributed by atoms with Crippen molar-refractivity contribution < 1.29 is 9.72 Å². The molecule has 0 spiro atoms. The number of hydrogen-bond donors (Lipinski definition) is 0. The highest BCUT2D eigenvalue weighted by Gasteiger charge is 2.18. The van der Waals surface area contributed by atoms with Gasteiger partial charge in [0.2, 0.25) is 0 Å². The summed E-state index contributed by atoms with van der Waals surface area (Å²) in [7, 11) is 1.69. The van der Waals surface area contributed by atoms with Gasteiger partial charge < -0.3 is 4.90 Å². The summed E-state index contributed by atoms with van der Waals surface area (Å²) in [6.07, 6.45) is 0. The molecular weight excluding hydrogens is 300 g/mol. The third-order valence-electron chi connectivity index (χ3n) is 2.38. The summed E-state index contributed by atoms with van der Waals surface area (Å²) in [5.41, 5.74) is 0.229. The van der Waals surface area contributed by atoms with Gasteiger partial charge in [0.25, 0.3) is 11.6 Å². The van der Waals surface area contributed by atoms with Gasteiger partial charge in [0.1, 0.15) is 0 Å². The average Bonchev–Trinajstić information content (AvgIpc) is 2.27. The van der Waals surface area contributed by atoms with Crippen LogP contribution >= 0.6 is 15.9 Å². The fourth-order valence-corrected chi connectivity index (χ4v) is 2.03. The van der Waals surface area contributed by atoms with E-state index in [1.54, 1.807) is 18.0 Å². The van der Waals surface area contributed by atoms with E-state index in [4.69, 9.17) is 0 Å². The molecule has 0 radical (unpaired) electrons. The zero-order valence-electron chi connectivity index (χ0n) is 10.5. The molecule has 18 heavy (non-hydrogen) atoms. The van der Waals surface area contributed by atoms with Crippen molar-refractivity contribution in [3.05, 3.63) is 38.3 Å². The lowest BCUT2D eigenvalue weighted by molar-refractivity contribution is -0.385. The molecule has 0 N–H and O–H groups in total. The van der Waals surface area contributed by atoms with E-state index in [1.807, 2.05) is 13.8 Å². The molecule has 1 aromatic carbocycles. The van der Waals surface area contributed by atoms with Crippen LogP contribution in [-0.2, 0) is 0 Å². The lowest BCUT2D eigenvalue weighted by Gasteiger charge is -2.19. The summed E-state index contributed by atoms with van der Waals surface area (Å²) in [5.74, 6) is 0.142. The molecule has 0 heterocycles. The van der Waals surface area contributed by atoms with Crippen molar-refractivity contribution in [1.82, 2.24) is 4.90 Å². The first-order chi connectivity index (χ1) is 8.32. The molecule has 0 fully saturated rings. The topological polar surface area (TPSA) is 63.5 Å². The van der Waals surface area contributed by atoms with E-state index in [0.717, 1.165) is 0 Å². The maximum Gasteiger partial charge on any atom is 0.284 e. The molecule has 0 saturated heterocycles. The Kier molecular flexibility index (Phi) is 4.84. The second-order valence-electron chi connectivity index (χ2n) is 4.50. The number of rotatable bonds is 4. The minimum Gasteiger partial charge on any atom is -0.341 e. The Hall–Kier alpha value is -1.43. The summed E-state index contributed by atoms with van der Waals surface area (Å²) < 4.78 is 0.371. The first kappa shape index (κ1) is 14.6. The molecule has 1 amide bonds. The molecule has 0 saturated carbocycles. The van der Waals surface area contributed by atoms with Crippen molar-refractivity contribution in [2.45, 2.75) is 13.8 Å². The third kappa shape index (κ3) is 3.53. The van der Waals surface area contributed by atoms with Crippen LogP contribution in [0.5, 0.6) is 0 Å². The number of nitro groups is 1. The minimum atomic E-state index is -0.511. The number of hydrogen-bond acceptors (Lipinski definition) is 3. The summed E-state index contributed by atoms with van der Waals surface area (Å²) >= 11 is 3.09. The van der Waals surface area contributed by atoms with Gasteiger partial charge in [-0.15, -0.1) is 0 Å². The van der Waals surface area contributed by atoms with Crippen molar-refractivity contribution in [1.29, 1.82) is 0 Å². The van der Waals surface area contributed by atoms with Gasteiger partial charge >= 0.3 is 0 Å². The number of amides is 1. The second kappa shape index (κ2) is 5.95. The van der Waals surface area contributed by atoms with Crippen LogP contribution in [0.15, 0.2) is 22.7 Å². The largest absolute Gasteiger partial charge is 0.341 e. The Morgan fingerprint density at radius 2 is 2.11 bits per heavy atom. The number of halogens is 1. The Morgan fingerprint density at radius 3 is 2.61 bits per heavy atom. The molecule has 0 bridgehead atoms. The molecular formula is C12H15BrN2O3. The smallest absolute Gasteiger partial charge is 0.284 e. The lowest BCUT2D eigenvalue weighted by Crippen LogP contribution is -2.30. The van der Waals surface area contributed by atoms with Gasteiger partial charge in [-0.2, -0.15) is 0 Å². The molecule has 1 aromatic rings. The van der Waals surface area contributed by atoms with Crippen molar-refractivity contribution in [2.24, 2.45) is 5.92 Å². The van der Waals surface area contributed by atoms with Crippen LogP contribution < -0.4 is 0 Å². The Bertz CT molecular complexity index is 474. The number of carbonyl (C=O) groups is 1. The van der Waals surface area contributed by atoms with E-state index in [9.17, 15) is 14.9 Å². The molecule has 6 heteroatoms. The fraction of sp³-hybridized carbons (Fsp3) is 0.417. The van der Waals surface area contributed by atoms with Crippen molar-refractivity contribution >= 4 is 27.5 Å². The van der Waals surface area contributed by atoms with Gasteiger partial charge in [0.15, 0.2) is 0 Å². The highest BCUT2D eigenvalue weighted by atomic mass is 79.9. The number of carbonyl (C=O) groups excluding carboxylic acids is 1. The van der Waals surface area contributed by atoms with Crippen LogP contribution in [0.4, 0.5) is 5.69 Å². The average molecular weight is 315 g/mol. The normalized spacial score (nSPS) is 10.5. The molecule has 1 rings (SSSR count). The molecule has 0 aromatic heterocycles. The second-order valence-corrected chi connectivity index (χ2v) is 5.36. The third-order valence-corrected chi connectivity index (χ3v) is 3.05. The summed E-state index contributed by atoms with van der Waals surface area (Å²) in [6, 6.07) is 4.40. The summed E-state index contributed by atoms with van der Waals surface area (Å²) in [5, 5.41) is 10.8. The summed E-state index contributed by atoms with van der Waals surface area (Å²) in [4.78, 5) is 23.9. The predicted molar refractivity (Wildman–Crippen MR) is 72.6 cm³/mol. The van der Waals surface area contributed by atoms with Gasteiger partial charge in [0, 0.05) is 25.2 Å². The highest BCUT2D eigenvalue weighted by molar-refractivity contribution is 9.10. The van der Waals surface area contributed by atoms with Gasteiger partial charge in [0.05, 0.1) is 9.40 Å². The quantitative estimate of drug-likeness (QED) is 0.633. The molecule has 0 aliphatic carbocycles. The zero-order valence-corrected chi connectivity index (χ0v) is 12.1. The molecule has 0 aliphatic heterocycles. The Balaban J connectivity index is 3.00.